The highest BCUT2D eigenvalue weighted by molar-refractivity contribution is 8.03. The van der Waals surface area contributed by atoms with Crippen molar-refractivity contribution in [2.24, 2.45) is 17.6 Å². The van der Waals surface area contributed by atoms with Crippen molar-refractivity contribution in [3.05, 3.63) is 90.5 Å². The second kappa shape index (κ2) is 17.8. The molecule has 6 rings (SSSR count). The molecule has 4 heterocycles. The van der Waals surface area contributed by atoms with Gasteiger partial charge in [-0.2, -0.15) is 0 Å². The largest absolute Gasteiger partial charge is 0.456 e. The fourth-order valence-electron chi connectivity index (χ4n) is 8.38. The van der Waals surface area contributed by atoms with Gasteiger partial charge in [0.05, 0.1) is 61.3 Å². The standard InChI is InChI=1S/C38H46N8O13S2/c1-22-32-31(23(2)40-61(4,56)57)36(49)43(32)33(37(50)58-20-24-5-9-26(10-6-24)44(52)53)34(22)60-28-17-29(35(48)41-13-15-46(3,16-14-41)19-30(39)47)42(18-28)38(51)59-21-25-7-11-27(12-8-25)45(54)55/h5-12,22-23,28-29,31-32,40H,13-21H2,1-4H3,(H-,39,47)/p+1/t22-,23?,28+,29+,31-,32-/m1/s1. The van der Waals surface area contributed by atoms with Crippen molar-refractivity contribution in [2.75, 3.05) is 52.6 Å². The number of non-ortho nitro benzene ring substituents is 2. The molecule has 0 saturated carbocycles. The van der Waals surface area contributed by atoms with E-state index in [1.165, 1.54) is 70.1 Å². The minimum atomic E-state index is -3.71. The summed E-state index contributed by atoms with van der Waals surface area (Å²) in [5, 5.41) is 21.8. The number of β-lactam (4-membered cyclic amide) rings is 1. The molecule has 0 spiro atoms. The number of nitrogens with one attached hydrogen (secondary N) is 1. The number of esters is 1. The van der Waals surface area contributed by atoms with Crippen LogP contribution < -0.4 is 10.5 Å². The highest BCUT2D eigenvalue weighted by Gasteiger charge is 2.61. The van der Waals surface area contributed by atoms with Crippen LogP contribution >= 0.6 is 11.8 Å². The molecular formula is C38H47N8O13S2+. The van der Waals surface area contributed by atoms with E-state index in [-0.39, 0.29) is 68.8 Å². The van der Waals surface area contributed by atoms with Gasteiger partial charge in [-0.1, -0.05) is 6.92 Å². The summed E-state index contributed by atoms with van der Waals surface area (Å²) in [5.41, 5.74) is 6.04. The normalized spacial score (nSPS) is 23.8. The van der Waals surface area contributed by atoms with E-state index in [0.717, 1.165) is 6.26 Å². The number of nitrogens with zero attached hydrogens (tertiary/aromatic N) is 6. The number of carbonyl (C=O) groups excluding carboxylic acids is 5. The molecule has 23 heteroatoms. The average Bonchev–Trinajstić information content (AvgIpc) is 3.72. The van der Waals surface area contributed by atoms with Crippen LogP contribution in [0.5, 0.6) is 0 Å². The van der Waals surface area contributed by atoms with Crippen LogP contribution in [0.25, 0.3) is 0 Å². The van der Waals surface area contributed by atoms with E-state index >= 15 is 0 Å². The molecule has 328 valence electrons. The molecule has 3 N–H and O–H groups in total. The molecule has 0 aromatic heterocycles. The van der Waals surface area contributed by atoms with Crippen molar-refractivity contribution in [2.45, 2.75) is 56.9 Å². The number of rotatable bonds is 15. The molecule has 0 radical (unpaired) electrons. The maximum absolute atomic E-state index is 14.3. The van der Waals surface area contributed by atoms with E-state index in [0.29, 0.717) is 33.6 Å². The van der Waals surface area contributed by atoms with Crippen molar-refractivity contribution in [3.63, 3.8) is 0 Å². The van der Waals surface area contributed by atoms with Gasteiger partial charge in [-0.15, -0.1) is 11.8 Å². The van der Waals surface area contributed by atoms with Crippen LogP contribution in [-0.2, 0) is 51.9 Å². The van der Waals surface area contributed by atoms with Crippen LogP contribution in [0.2, 0.25) is 0 Å². The highest BCUT2D eigenvalue weighted by Crippen LogP contribution is 2.52. The van der Waals surface area contributed by atoms with Crippen LogP contribution in [-0.4, -0.2) is 143 Å². The number of carbonyl (C=O) groups is 5. The number of primary amides is 1. The van der Waals surface area contributed by atoms with Gasteiger partial charge in [-0.3, -0.25) is 39.5 Å². The lowest BCUT2D eigenvalue weighted by Crippen LogP contribution is -2.66. The summed E-state index contributed by atoms with van der Waals surface area (Å²) in [6.45, 7) is 4.38. The van der Waals surface area contributed by atoms with Gasteiger partial charge in [-0.05, 0) is 48.7 Å². The van der Waals surface area contributed by atoms with Gasteiger partial charge in [0.1, 0.15) is 25.0 Å². The Kier molecular flexibility index (Phi) is 13.1. The second-order valence-electron chi connectivity index (χ2n) is 16.0. The predicted octanol–water partition coefficient (Wildman–Crippen LogP) is 1.46. The van der Waals surface area contributed by atoms with Gasteiger partial charge in [-0.25, -0.2) is 22.7 Å². The number of likely N-dealkylation sites (N-methyl/N-ethyl adjacent to an activating group) is 1. The number of fused-ring (bicyclic) bond motifs is 1. The van der Waals surface area contributed by atoms with E-state index < -0.39 is 79.0 Å². The predicted molar refractivity (Wildman–Crippen MR) is 217 cm³/mol. The molecule has 0 bridgehead atoms. The number of piperazine rings is 1. The molecule has 21 nitrogen and oxygen atoms in total. The molecule has 61 heavy (non-hydrogen) atoms. The Labute approximate surface area is 355 Å². The zero-order valence-corrected chi connectivity index (χ0v) is 35.5. The summed E-state index contributed by atoms with van der Waals surface area (Å²) in [6.07, 6.45) is 0.281. The number of likely N-dealkylation sites (tertiary alicyclic amines) is 1. The summed E-state index contributed by atoms with van der Waals surface area (Å²) in [7, 11) is -1.84. The fourth-order valence-corrected chi connectivity index (χ4v) is 10.7. The SMILES string of the molecule is CC(NS(C)(=O)=O)[C@H]1C(=O)N2C(C(=O)OCc3ccc([N+](=O)[O-])cc3)=C(S[C@H]3C[C@@H](C(=O)N4CC[N+](C)(CC(N)=O)CC4)N(C(=O)OCc4ccc([N+](=O)[O-])cc4)C3)[C@H](C)[C@H]12. The monoisotopic (exact) mass is 887 g/mol. The minimum Gasteiger partial charge on any atom is -0.456 e. The Morgan fingerprint density at radius 2 is 1.51 bits per heavy atom. The first-order chi connectivity index (χ1) is 28.7. The summed E-state index contributed by atoms with van der Waals surface area (Å²) >= 11 is 1.21. The van der Waals surface area contributed by atoms with Crippen molar-refractivity contribution in [1.82, 2.24) is 19.4 Å². The van der Waals surface area contributed by atoms with E-state index in [9.17, 15) is 52.6 Å². The maximum atomic E-state index is 14.3. The van der Waals surface area contributed by atoms with Crippen LogP contribution in [0.15, 0.2) is 59.1 Å². The molecule has 3 fully saturated rings. The number of sulfonamides is 1. The van der Waals surface area contributed by atoms with Gasteiger partial charge >= 0.3 is 12.1 Å². The number of quaternary nitrogens is 1. The van der Waals surface area contributed by atoms with Crippen LogP contribution in [0.1, 0.15) is 31.4 Å². The number of hydrogen-bond acceptors (Lipinski definition) is 14. The van der Waals surface area contributed by atoms with Gasteiger partial charge in [0.2, 0.25) is 21.8 Å². The molecular weight excluding hydrogens is 841 g/mol. The summed E-state index contributed by atoms with van der Waals surface area (Å²) in [4.78, 5) is 93.5. The Balaban J connectivity index is 1.26. The van der Waals surface area contributed by atoms with E-state index in [4.69, 9.17) is 15.2 Å². The molecule has 2 aromatic rings. The molecule has 0 aliphatic carbocycles. The number of benzene rings is 2. The number of hydrogen-bond donors (Lipinski definition) is 2. The Hall–Kier alpha value is -5.65. The van der Waals surface area contributed by atoms with E-state index in [1.54, 1.807) is 18.7 Å². The zero-order valence-electron chi connectivity index (χ0n) is 33.8. The summed E-state index contributed by atoms with van der Waals surface area (Å²) < 4.78 is 38.4. The van der Waals surface area contributed by atoms with Crippen molar-refractivity contribution in [1.29, 1.82) is 0 Å². The first-order valence-electron chi connectivity index (χ1n) is 19.4. The topological polar surface area (TPSA) is 272 Å². The Bertz CT molecular complexity index is 2250. The first-order valence-corrected chi connectivity index (χ1v) is 22.1. The summed E-state index contributed by atoms with van der Waals surface area (Å²) in [6, 6.07) is 8.39. The van der Waals surface area contributed by atoms with Crippen molar-refractivity contribution in [3.8, 4) is 0 Å². The molecule has 4 amide bonds. The van der Waals surface area contributed by atoms with Crippen LogP contribution in [0.4, 0.5) is 16.2 Å². The molecule has 2 aromatic carbocycles. The van der Waals surface area contributed by atoms with Crippen LogP contribution in [0, 0.1) is 32.1 Å². The number of nitro groups is 2. The second-order valence-corrected chi connectivity index (χ2v) is 19.2. The van der Waals surface area contributed by atoms with E-state index in [2.05, 4.69) is 4.72 Å². The molecule has 4 aliphatic rings. The minimum absolute atomic E-state index is 0.0150. The third kappa shape index (κ3) is 9.95. The molecule has 6 atom stereocenters. The highest BCUT2D eigenvalue weighted by atomic mass is 32.2. The van der Waals surface area contributed by atoms with Crippen LogP contribution in [0.3, 0.4) is 0 Å². The fraction of sp³-hybridized carbons (Fsp3) is 0.500. The molecule has 3 saturated heterocycles. The quantitative estimate of drug-likeness (QED) is 0.0843. The number of amides is 4. The van der Waals surface area contributed by atoms with Crippen molar-refractivity contribution < 1.29 is 56.2 Å². The van der Waals surface area contributed by atoms with E-state index in [1.807, 2.05) is 7.05 Å². The first kappa shape index (κ1) is 44.9. The van der Waals surface area contributed by atoms with Gasteiger partial charge in [0, 0.05) is 52.9 Å². The average molecular weight is 888 g/mol. The van der Waals surface area contributed by atoms with Crippen molar-refractivity contribution >= 4 is 62.9 Å². The lowest BCUT2D eigenvalue weighted by atomic mass is 9.78. The third-order valence-electron chi connectivity index (χ3n) is 11.5. The number of nitrogens with two attached hydrogens (primary N) is 1. The van der Waals surface area contributed by atoms with Gasteiger partial charge in [0.15, 0.2) is 6.54 Å². The third-order valence-corrected chi connectivity index (χ3v) is 13.8. The lowest BCUT2D eigenvalue weighted by Gasteiger charge is -2.47. The smallest absolute Gasteiger partial charge is 0.410 e. The number of nitro benzene ring substituents is 2. The summed E-state index contributed by atoms with van der Waals surface area (Å²) in [5.74, 6) is -3.52. The zero-order chi connectivity index (χ0) is 44.6. The Morgan fingerprint density at radius 3 is 2.02 bits per heavy atom. The number of ether oxygens (including phenoxy) is 2. The maximum Gasteiger partial charge on any atom is 0.410 e. The van der Waals surface area contributed by atoms with Gasteiger partial charge in [0.25, 0.3) is 17.3 Å². The Morgan fingerprint density at radius 1 is 0.967 bits per heavy atom. The molecule has 1 unspecified atom stereocenters. The number of thioether (sulfide) groups is 1. The molecule has 4 aliphatic heterocycles. The lowest BCUT2D eigenvalue weighted by molar-refractivity contribution is -0.905. The van der Waals surface area contributed by atoms with Gasteiger partial charge < -0.3 is 29.5 Å².